The van der Waals surface area contributed by atoms with Crippen molar-refractivity contribution in [1.29, 1.82) is 0 Å². The third-order valence-electron chi connectivity index (χ3n) is 6.78. The quantitative estimate of drug-likeness (QED) is 0.383. The van der Waals surface area contributed by atoms with Gasteiger partial charge in [0.05, 0.1) is 23.6 Å². The van der Waals surface area contributed by atoms with E-state index in [0.29, 0.717) is 28.6 Å². The first-order valence-corrected chi connectivity index (χ1v) is 13.5. The minimum Gasteiger partial charge on any atom is -0.496 e. The first kappa shape index (κ1) is 24.9. The van der Waals surface area contributed by atoms with E-state index in [9.17, 15) is 13.2 Å². The standard InChI is InChI=1S/C29H28N2O5S/c1-19-12-15-26(35-3)23(18-19)29(17-16-25(36-29)21-8-5-4-6-9-21)28(32)31-37(33,34)27-11-7-10-24-22(27)14-13-20(2)30-24/h4-15,18,25H,16-17H2,1-3H3,(H,31,32). The molecule has 1 aliphatic rings. The molecule has 2 heterocycles. The molecule has 0 radical (unpaired) electrons. The van der Waals surface area contributed by atoms with Crippen molar-refractivity contribution in [3.63, 3.8) is 0 Å². The van der Waals surface area contributed by atoms with Crippen molar-refractivity contribution in [2.45, 2.75) is 43.3 Å². The monoisotopic (exact) mass is 516 g/mol. The Morgan fingerprint density at radius 3 is 2.57 bits per heavy atom. The minimum absolute atomic E-state index is 0.0187. The van der Waals surface area contributed by atoms with E-state index < -0.39 is 21.5 Å². The van der Waals surface area contributed by atoms with Crippen molar-refractivity contribution < 1.29 is 22.7 Å². The zero-order valence-corrected chi connectivity index (χ0v) is 21.7. The summed E-state index contributed by atoms with van der Waals surface area (Å²) in [5.41, 5.74) is 2.05. The molecular formula is C29H28N2O5S. The van der Waals surface area contributed by atoms with Gasteiger partial charge in [0.2, 0.25) is 0 Å². The summed E-state index contributed by atoms with van der Waals surface area (Å²) in [5, 5.41) is 0.435. The van der Waals surface area contributed by atoms with Gasteiger partial charge in [-0.3, -0.25) is 9.78 Å². The third-order valence-corrected chi connectivity index (χ3v) is 8.17. The van der Waals surface area contributed by atoms with Crippen LogP contribution < -0.4 is 9.46 Å². The van der Waals surface area contributed by atoms with Crippen LogP contribution >= 0.6 is 0 Å². The van der Waals surface area contributed by atoms with E-state index in [1.54, 1.807) is 30.3 Å². The average molecular weight is 517 g/mol. The fourth-order valence-corrected chi connectivity index (χ4v) is 6.18. The number of amides is 1. The number of benzene rings is 3. The molecule has 4 aromatic rings. The molecule has 5 rings (SSSR count). The van der Waals surface area contributed by atoms with Crippen molar-refractivity contribution in [1.82, 2.24) is 9.71 Å². The lowest BCUT2D eigenvalue weighted by molar-refractivity contribution is -0.145. The zero-order valence-electron chi connectivity index (χ0n) is 20.9. The molecule has 1 saturated heterocycles. The Morgan fingerprint density at radius 2 is 1.81 bits per heavy atom. The van der Waals surface area contributed by atoms with Gasteiger partial charge in [-0.1, -0.05) is 48.0 Å². The van der Waals surface area contributed by atoms with Gasteiger partial charge in [0, 0.05) is 16.6 Å². The molecule has 0 spiro atoms. The highest BCUT2D eigenvalue weighted by molar-refractivity contribution is 7.90. The van der Waals surface area contributed by atoms with Crippen LogP contribution in [-0.2, 0) is 25.2 Å². The number of methoxy groups -OCH3 is 1. The molecule has 1 aromatic heterocycles. The summed E-state index contributed by atoms with van der Waals surface area (Å²) in [6.07, 6.45) is 0.431. The molecular weight excluding hydrogens is 488 g/mol. The molecule has 37 heavy (non-hydrogen) atoms. The normalized spacial score (nSPS) is 19.6. The summed E-state index contributed by atoms with van der Waals surface area (Å²) < 4.78 is 41.6. The maximum absolute atomic E-state index is 14.0. The molecule has 2 unspecified atom stereocenters. The second-order valence-corrected chi connectivity index (χ2v) is 10.9. The maximum Gasteiger partial charge on any atom is 0.270 e. The fraction of sp³-hybridized carbons (Fsp3) is 0.241. The number of carbonyl (C=O) groups is 1. The molecule has 0 aliphatic carbocycles. The van der Waals surface area contributed by atoms with E-state index >= 15 is 0 Å². The molecule has 8 heteroatoms. The molecule has 190 valence electrons. The summed E-state index contributed by atoms with van der Waals surface area (Å²) in [7, 11) is -2.74. The van der Waals surface area contributed by atoms with Gasteiger partial charge in [0.1, 0.15) is 5.75 Å². The molecule has 2 atom stereocenters. The van der Waals surface area contributed by atoms with Crippen molar-refractivity contribution in [3.05, 3.63) is 101 Å². The van der Waals surface area contributed by atoms with Crippen molar-refractivity contribution in [2.75, 3.05) is 7.11 Å². The van der Waals surface area contributed by atoms with Crippen LogP contribution in [-0.4, -0.2) is 26.4 Å². The lowest BCUT2D eigenvalue weighted by atomic mass is 9.88. The lowest BCUT2D eigenvalue weighted by Crippen LogP contribution is -2.46. The molecule has 3 aromatic carbocycles. The van der Waals surface area contributed by atoms with E-state index in [2.05, 4.69) is 9.71 Å². The molecule has 1 N–H and O–H groups in total. The van der Waals surface area contributed by atoms with Crippen molar-refractivity contribution >= 4 is 26.8 Å². The number of fused-ring (bicyclic) bond motifs is 1. The van der Waals surface area contributed by atoms with Crippen LogP contribution in [0.3, 0.4) is 0 Å². The second kappa shape index (κ2) is 9.61. The van der Waals surface area contributed by atoms with Crippen LogP contribution in [0.5, 0.6) is 5.75 Å². The van der Waals surface area contributed by atoms with E-state index in [-0.39, 0.29) is 17.4 Å². The zero-order chi connectivity index (χ0) is 26.2. The topological polar surface area (TPSA) is 94.6 Å². The summed E-state index contributed by atoms with van der Waals surface area (Å²) in [5.74, 6) is -0.302. The van der Waals surface area contributed by atoms with Gasteiger partial charge < -0.3 is 9.47 Å². The fourth-order valence-electron chi connectivity index (χ4n) is 4.94. The van der Waals surface area contributed by atoms with Crippen LogP contribution in [0.25, 0.3) is 10.9 Å². The van der Waals surface area contributed by atoms with Gasteiger partial charge in [-0.15, -0.1) is 0 Å². The number of hydrogen-bond acceptors (Lipinski definition) is 6. The highest BCUT2D eigenvalue weighted by Crippen LogP contribution is 2.49. The van der Waals surface area contributed by atoms with E-state index in [1.807, 2.05) is 56.3 Å². The van der Waals surface area contributed by atoms with Crippen molar-refractivity contribution in [3.8, 4) is 5.75 Å². The number of pyridine rings is 1. The Labute approximate surface area is 216 Å². The van der Waals surface area contributed by atoms with Crippen LogP contribution in [0.15, 0.2) is 83.8 Å². The Bertz CT molecular complexity index is 1590. The third kappa shape index (κ3) is 4.58. The number of hydrogen-bond donors (Lipinski definition) is 1. The summed E-state index contributed by atoms with van der Waals surface area (Å²) >= 11 is 0. The number of nitrogens with zero attached hydrogens (tertiary/aromatic N) is 1. The van der Waals surface area contributed by atoms with Gasteiger partial charge in [-0.25, -0.2) is 13.1 Å². The molecule has 1 aliphatic heterocycles. The molecule has 0 saturated carbocycles. The second-order valence-electron chi connectivity index (χ2n) is 9.30. The first-order chi connectivity index (χ1) is 17.7. The number of aromatic nitrogens is 1. The van der Waals surface area contributed by atoms with Crippen molar-refractivity contribution in [2.24, 2.45) is 0 Å². The Morgan fingerprint density at radius 1 is 1.03 bits per heavy atom. The van der Waals surface area contributed by atoms with Crippen LogP contribution in [0.4, 0.5) is 0 Å². The van der Waals surface area contributed by atoms with E-state index in [0.717, 1.165) is 16.8 Å². The number of aryl methyl sites for hydroxylation is 2. The SMILES string of the molecule is COc1ccc(C)cc1C1(C(=O)NS(=O)(=O)c2cccc3nc(C)ccc23)CCC(c2ccccc2)O1. The predicted molar refractivity (Wildman–Crippen MR) is 141 cm³/mol. The highest BCUT2D eigenvalue weighted by atomic mass is 32.2. The minimum atomic E-state index is -4.25. The first-order valence-electron chi connectivity index (χ1n) is 12.0. The van der Waals surface area contributed by atoms with Crippen LogP contribution in [0.2, 0.25) is 0 Å². The largest absolute Gasteiger partial charge is 0.496 e. The summed E-state index contributed by atoms with van der Waals surface area (Å²) in [6, 6.07) is 23.3. The number of ether oxygens (including phenoxy) is 2. The molecule has 1 amide bonds. The summed E-state index contributed by atoms with van der Waals surface area (Å²) in [6.45, 7) is 3.74. The Kier molecular flexibility index (Phi) is 6.47. The molecule has 0 bridgehead atoms. The van der Waals surface area contributed by atoms with Gasteiger partial charge >= 0.3 is 0 Å². The van der Waals surface area contributed by atoms with Crippen LogP contribution in [0.1, 0.15) is 41.3 Å². The highest BCUT2D eigenvalue weighted by Gasteiger charge is 2.51. The van der Waals surface area contributed by atoms with Crippen LogP contribution in [0, 0.1) is 13.8 Å². The number of nitrogens with one attached hydrogen (secondary N) is 1. The van der Waals surface area contributed by atoms with Gasteiger partial charge in [0.15, 0.2) is 5.60 Å². The van der Waals surface area contributed by atoms with E-state index in [4.69, 9.17) is 9.47 Å². The Balaban J connectivity index is 1.58. The number of rotatable bonds is 6. The predicted octanol–water partition coefficient (Wildman–Crippen LogP) is 5.11. The lowest BCUT2D eigenvalue weighted by Gasteiger charge is -2.30. The smallest absolute Gasteiger partial charge is 0.270 e. The summed E-state index contributed by atoms with van der Waals surface area (Å²) in [4.78, 5) is 18.4. The van der Waals surface area contributed by atoms with Gasteiger partial charge in [-0.05, 0) is 68.7 Å². The van der Waals surface area contributed by atoms with E-state index in [1.165, 1.54) is 13.2 Å². The number of sulfonamides is 1. The molecule has 7 nitrogen and oxygen atoms in total. The van der Waals surface area contributed by atoms with Gasteiger partial charge in [-0.2, -0.15) is 0 Å². The Hall–Kier alpha value is -3.75. The maximum atomic E-state index is 14.0. The molecule has 1 fully saturated rings. The average Bonchev–Trinajstić information content (AvgIpc) is 3.35. The number of carbonyl (C=O) groups excluding carboxylic acids is 1. The van der Waals surface area contributed by atoms with Gasteiger partial charge in [0.25, 0.3) is 15.9 Å².